The van der Waals surface area contributed by atoms with Crippen molar-refractivity contribution < 1.29 is 4.79 Å². The lowest BCUT2D eigenvalue weighted by atomic mass is 10.1. The predicted octanol–water partition coefficient (Wildman–Crippen LogP) is 2.84. The molecule has 1 heterocycles. The standard InChI is InChI=1S/C19H15ClN2O3/c1-13-4-2-3-5-16(13)22-11-10-21(18(24)19(22)25)12-17(23)14-6-8-15(20)9-7-14/h2-11H,12H2,1H3. The van der Waals surface area contributed by atoms with E-state index < -0.39 is 11.1 Å². The summed E-state index contributed by atoms with van der Waals surface area (Å²) in [7, 11) is 0. The van der Waals surface area contributed by atoms with Crippen LogP contribution in [-0.4, -0.2) is 14.9 Å². The largest absolute Gasteiger partial charge is 0.320 e. The number of aromatic nitrogens is 2. The van der Waals surface area contributed by atoms with Gasteiger partial charge in [0.2, 0.25) is 0 Å². The van der Waals surface area contributed by atoms with Crippen molar-refractivity contribution in [3.05, 3.63) is 97.8 Å². The van der Waals surface area contributed by atoms with Gasteiger partial charge in [0.1, 0.15) is 0 Å². The van der Waals surface area contributed by atoms with Gasteiger partial charge in [0.25, 0.3) is 0 Å². The number of hydrogen-bond acceptors (Lipinski definition) is 3. The van der Waals surface area contributed by atoms with E-state index in [9.17, 15) is 14.4 Å². The van der Waals surface area contributed by atoms with E-state index in [1.165, 1.54) is 17.0 Å². The van der Waals surface area contributed by atoms with E-state index in [1.54, 1.807) is 36.4 Å². The number of ketones is 1. The molecule has 0 aliphatic rings. The van der Waals surface area contributed by atoms with E-state index >= 15 is 0 Å². The zero-order valence-corrected chi connectivity index (χ0v) is 14.2. The van der Waals surface area contributed by atoms with Crippen molar-refractivity contribution in [3.63, 3.8) is 0 Å². The molecule has 0 saturated carbocycles. The van der Waals surface area contributed by atoms with Crippen LogP contribution >= 0.6 is 11.6 Å². The molecule has 0 unspecified atom stereocenters. The molecular weight excluding hydrogens is 340 g/mol. The zero-order chi connectivity index (χ0) is 18.0. The maximum atomic E-state index is 12.4. The van der Waals surface area contributed by atoms with Crippen LogP contribution in [0.4, 0.5) is 0 Å². The molecule has 2 aromatic carbocycles. The molecule has 6 heteroatoms. The molecule has 0 bridgehead atoms. The molecule has 126 valence electrons. The number of para-hydroxylation sites is 1. The zero-order valence-electron chi connectivity index (χ0n) is 13.5. The Bertz CT molecular complexity index is 1050. The number of benzene rings is 2. The number of hydrogen-bond donors (Lipinski definition) is 0. The van der Waals surface area contributed by atoms with E-state index in [2.05, 4.69) is 0 Å². The second-order valence-corrected chi connectivity index (χ2v) is 6.06. The first kappa shape index (κ1) is 16.9. The average molecular weight is 355 g/mol. The Balaban J connectivity index is 1.95. The molecule has 0 fully saturated rings. The predicted molar refractivity (Wildman–Crippen MR) is 96.8 cm³/mol. The normalized spacial score (nSPS) is 10.6. The summed E-state index contributed by atoms with van der Waals surface area (Å²) < 4.78 is 2.41. The SMILES string of the molecule is Cc1ccccc1-n1ccn(CC(=O)c2ccc(Cl)cc2)c(=O)c1=O. The monoisotopic (exact) mass is 354 g/mol. The van der Waals surface area contributed by atoms with Crippen LogP contribution in [0.2, 0.25) is 5.02 Å². The molecule has 0 saturated heterocycles. The molecule has 1 aromatic heterocycles. The van der Waals surface area contributed by atoms with Crippen molar-refractivity contribution in [1.82, 2.24) is 9.13 Å². The number of carbonyl (C=O) groups excluding carboxylic acids is 1. The second-order valence-electron chi connectivity index (χ2n) is 5.62. The summed E-state index contributed by atoms with van der Waals surface area (Å²) in [5, 5.41) is 0.523. The van der Waals surface area contributed by atoms with Crippen LogP contribution < -0.4 is 11.1 Å². The summed E-state index contributed by atoms with van der Waals surface area (Å²) in [6, 6.07) is 13.7. The van der Waals surface area contributed by atoms with Crippen LogP contribution in [0.25, 0.3) is 5.69 Å². The molecule has 0 spiro atoms. The number of nitrogens with zero attached hydrogens (tertiary/aromatic N) is 2. The number of aryl methyl sites for hydroxylation is 1. The molecule has 0 radical (unpaired) electrons. The minimum Gasteiger partial charge on any atom is -0.301 e. The fourth-order valence-corrected chi connectivity index (χ4v) is 2.66. The molecule has 5 nitrogen and oxygen atoms in total. The van der Waals surface area contributed by atoms with Gasteiger partial charge in [-0.1, -0.05) is 29.8 Å². The van der Waals surface area contributed by atoms with Gasteiger partial charge in [-0.2, -0.15) is 0 Å². The van der Waals surface area contributed by atoms with Crippen LogP contribution in [-0.2, 0) is 6.54 Å². The van der Waals surface area contributed by atoms with Crippen LogP contribution in [0.15, 0.2) is 70.5 Å². The van der Waals surface area contributed by atoms with E-state index in [4.69, 9.17) is 11.6 Å². The van der Waals surface area contributed by atoms with Gasteiger partial charge in [-0.25, -0.2) is 0 Å². The van der Waals surface area contributed by atoms with Gasteiger partial charge in [0.15, 0.2) is 5.78 Å². The van der Waals surface area contributed by atoms with Crippen molar-refractivity contribution in [2.24, 2.45) is 0 Å². The summed E-state index contributed by atoms with van der Waals surface area (Å²) >= 11 is 5.80. The van der Waals surface area contributed by atoms with Crippen LogP contribution in [0.3, 0.4) is 0 Å². The Morgan fingerprint density at radius 3 is 2.32 bits per heavy atom. The molecule has 0 amide bonds. The summed E-state index contributed by atoms with van der Waals surface area (Å²) in [5.74, 6) is -0.271. The molecule has 0 aliphatic carbocycles. The lowest BCUT2D eigenvalue weighted by molar-refractivity contribution is 0.0970. The summed E-state index contributed by atoms with van der Waals surface area (Å²) in [4.78, 5) is 37.0. The third-order valence-electron chi connectivity index (χ3n) is 3.91. The lowest BCUT2D eigenvalue weighted by Crippen LogP contribution is -2.41. The molecule has 25 heavy (non-hydrogen) atoms. The van der Waals surface area contributed by atoms with Crippen molar-refractivity contribution >= 4 is 17.4 Å². The maximum absolute atomic E-state index is 12.4. The lowest BCUT2D eigenvalue weighted by Gasteiger charge is -2.10. The van der Waals surface area contributed by atoms with Gasteiger partial charge in [-0.15, -0.1) is 0 Å². The van der Waals surface area contributed by atoms with Crippen LogP contribution in [0.1, 0.15) is 15.9 Å². The first-order chi connectivity index (χ1) is 12.0. The molecule has 0 atom stereocenters. The Kier molecular flexibility index (Phi) is 4.67. The fourth-order valence-electron chi connectivity index (χ4n) is 2.54. The highest BCUT2D eigenvalue weighted by Gasteiger charge is 2.12. The number of rotatable bonds is 4. The summed E-state index contributed by atoms with van der Waals surface area (Å²) in [6.45, 7) is 1.65. The molecule has 3 rings (SSSR count). The van der Waals surface area contributed by atoms with Crippen LogP contribution in [0, 0.1) is 6.92 Å². The quantitative estimate of drug-likeness (QED) is 0.534. The first-order valence-electron chi connectivity index (χ1n) is 7.64. The third-order valence-corrected chi connectivity index (χ3v) is 4.17. The molecule has 0 aliphatic heterocycles. The van der Waals surface area contributed by atoms with Crippen molar-refractivity contribution in [2.45, 2.75) is 13.5 Å². The smallest absolute Gasteiger partial charge is 0.301 e. The Morgan fingerprint density at radius 1 is 0.960 bits per heavy atom. The number of carbonyl (C=O) groups is 1. The van der Waals surface area contributed by atoms with Gasteiger partial charge in [-0.3, -0.25) is 19.0 Å². The van der Waals surface area contributed by atoms with E-state index in [0.29, 0.717) is 16.3 Å². The highest BCUT2D eigenvalue weighted by Crippen LogP contribution is 2.11. The van der Waals surface area contributed by atoms with Crippen LogP contribution in [0.5, 0.6) is 0 Å². The highest BCUT2D eigenvalue weighted by molar-refractivity contribution is 6.30. The topological polar surface area (TPSA) is 61.1 Å². The number of halogens is 1. The maximum Gasteiger partial charge on any atom is 0.320 e. The Morgan fingerprint density at radius 2 is 1.64 bits per heavy atom. The van der Waals surface area contributed by atoms with Gasteiger partial charge in [0, 0.05) is 23.0 Å². The average Bonchev–Trinajstić information content (AvgIpc) is 2.60. The second kappa shape index (κ2) is 6.91. The summed E-state index contributed by atoms with van der Waals surface area (Å²) in [6.07, 6.45) is 2.95. The van der Waals surface area contributed by atoms with Crippen molar-refractivity contribution in [2.75, 3.05) is 0 Å². The van der Waals surface area contributed by atoms with Gasteiger partial charge >= 0.3 is 11.1 Å². The van der Waals surface area contributed by atoms with E-state index in [-0.39, 0.29) is 12.3 Å². The minimum atomic E-state index is -0.743. The van der Waals surface area contributed by atoms with E-state index in [0.717, 1.165) is 10.1 Å². The first-order valence-corrected chi connectivity index (χ1v) is 8.02. The highest BCUT2D eigenvalue weighted by atomic mass is 35.5. The van der Waals surface area contributed by atoms with Crippen molar-refractivity contribution in [1.29, 1.82) is 0 Å². The molecule has 0 N–H and O–H groups in total. The van der Waals surface area contributed by atoms with Gasteiger partial charge < -0.3 is 4.57 Å². The van der Waals surface area contributed by atoms with Gasteiger partial charge in [0.05, 0.1) is 12.2 Å². The summed E-state index contributed by atoms with van der Waals surface area (Å²) in [5.41, 5.74) is 0.507. The van der Waals surface area contributed by atoms with Crippen molar-refractivity contribution in [3.8, 4) is 5.69 Å². The van der Waals surface area contributed by atoms with Gasteiger partial charge in [-0.05, 0) is 42.8 Å². The third kappa shape index (κ3) is 3.46. The Labute approximate surface area is 148 Å². The Hall–Kier alpha value is -2.92. The number of Topliss-reactive ketones (excluding diaryl/α,β-unsaturated/α-hetero) is 1. The minimum absolute atomic E-state index is 0.204. The van der Waals surface area contributed by atoms with E-state index in [1.807, 2.05) is 19.1 Å². The fraction of sp³-hybridized carbons (Fsp3) is 0.105. The molecular formula is C19H15ClN2O3. The molecule has 3 aromatic rings.